The fraction of sp³-hybridized carbons (Fsp3) is 0.909. The van der Waals surface area contributed by atoms with Crippen molar-refractivity contribution >= 4 is 5.97 Å². The van der Waals surface area contributed by atoms with Crippen LogP contribution in [0.3, 0.4) is 0 Å². The molecule has 1 aliphatic rings. The van der Waals surface area contributed by atoms with Crippen LogP contribution in [0.25, 0.3) is 0 Å². The van der Waals surface area contributed by atoms with Crippen LogP contribution in [0.1, 0.15) is 60.8 Å². The highest BCUT2D eigenvalue weighted by Gasteiger charge is 2.08. The summed E-state index contributed by atoms with van der Waals surface area (Å²) in [6.07, 6.45) is 2.79. The molecule has 0 unspecified atom stereocenters. The van der Waals surface area contributed by atoms with Gasteiger partial charge in [0.2, 0.25) is 0 Å². The Hall–Kier alpha value is -0.530. The lowest BCUT2D eigenvalue weighted by Gasteiger charge is -1.81. The van der Waals surface area contributed by atoms with Crippen LogP contribution >= 0.6 is 0 Å². The molecule has 2 heteroatoms. The van der Waals surface area contributed by atoms with Crippen molar-refractivity contribution in [2.45, 2.75) is 60.8 Å². The molecule has 0 N–H and O–H groups in total. The Morgan fingerprint density at radius 2 is 1.54 bits per heavy atom. The molecule has 1 fully saturated rings. The van der Waals surface area contributed by atoms with Crippen molar-refractivity contribution in [3.63, 3.8) is 0 Å². The molecule has 0 radical (unpaired) electrons. The van der Waals surface area contributed by atoms with Crippen molar-refractivity contribution in [2.24, 2.45) is 0 Å². The zero-order chi connectivity index (χ0) is 11.1. The fourth-order valence-corrected chi connectivity index (χ4v) is 0.475. The maximum absolute atomic E-state index is 10.0. The second kappa shape index (κ2) is 22.5. The molecule has 0 amide bonds. The molecular formula is C11H26O2. The van der Waals surface area contributed by atoms with Gasteiger partial charge in [0.1, 0.15) is 0 Å². The third kappa shape index (κ3) is 24.6. The first-order valence-electron chi connectivity index (χ1n) is 5.46. The van der Waals surface area contributed by atoms with Crippen LogP contribution in [-0.2, 0) is 9.53 Å². The number of carbonyl (C=O) groups is 1. The van der Waals surface area contributed by atoms with Crippen LogP contribution in [0.2, 0.25) is 0 Å². The average molecular weight is 190 g/mol. The van der Waals surface area contributed by atoms with Crippen LogP contribution in [0.15, 0.2) is 0 Å². The zero-order valence-electron chi connectivity index (χ0n) is 10.1. The summed E-state index contributed by atoms with van der Waals surface area (Å²) in [5.41, 5.74) is 0. The summed E-state index contributed by atoms with van der Waals surface area (Å²) < 4.78 is 4.51. The van der Waals surface area contributed by atoms with E-state index in [0.717, 1.165) is 6.42 Å². The lowest BCUT2D eigenvalue weighted by Crippen LogP contribution is -1.88. The number of hydrogen-bond donors (Lipinski definition) is 0. The summed E-state index contributed by atoms with van der Waals surface area (Å²) >= 11 is 0. The minimum atomic E-state index is -0.0463. The highest BCUT2D eigenvalue weighted by Crippen LogP contribution is 2.01. The molecule has 0 aromatic rings. The van der Waals surface area contributed by atoms with Gasteiger partial charge in [0.05, 0.1) is 6.61 Å². The Morgan fingerprint density at radius 1 is 1.15 bits per heavy atom. The number of carbonyl (C=O) groups excluding carboxylic acids is 1. The van der Waals surface area contributed by atoms with Crippen molar-refractivity contribution in [3.05, 3.63) is 0 Å². The lowest BCUT2D eigenvalue weighted by molar-refractivity contribution is -0.137. The Morgan fingerprint density at radius 3 is 1.62 bits per heavy atom. The van der Waals surface area contributed by atoms with Gasteiger partial charge in [-0.1, -0.05) is 48.0 Å². The second-order valence-electron chi connectivity index (χ2n) is 2.03. The number of ether oxygens (including phenoxy) is 1. The molecule has 0 atom stereocenters. The van der Waals surface area contributed by atoms with Gasteiger partial charge >= 0.3 is 5.97 Å². The summed E-state index contributed by atoms with van der Waals surface area (Å²) in [7, 11) is 0. The maximum Gasteiger partial charge on any atom is 0.305 e. The second-order valence-corrected chi connectivity index (χ2v) is 2.03. The van der Waals surface area contributed by atoms with E-state index in [4.69, 9.17) is 0 Å². The van der Waals surface area contributed by atoms with Gasteiger partial charge in [-0.15, -0.1) is 0 Å². The van der Waals surface area contributed by atoms with Crippen molar-refractivity contribution < 1.29 is 9.53 Å². The summed E-state index contributed by atoms with van der Waals surface area (Å²) in [5, 5.41) is 0. The molecule has 82 valence electrons. The molecule has 1 rings (SSSR count). The SMILES string of the molecule is CC.CC.CCC.O=C1CCCO1. The van der Waals surface area contributed by atoms with E-state index in [1.165, 1.54) is 6.42 Å². The maximum atomic E-state index is 10.0. The quantitative estimate of drug-likeness (QED) is 0.543. The van der Waals surface area contributed by atoms with Crippen LogP contribution in [0.4, 0.5) is 0 Å². The van der Waals surface area contributed by atoms with Crippen LogP contribution < -0.4 is 0 Å². The topological polar surface area (TPSA) is 26.3 Å². The van der Waals surface area contributed by atoms with E-state index in [0.29, 0.717) is 13.0 Å². The van der Waals surface area contributed by atoms with Gasteiger partial charge in [0.15, 0.2) is 0 Å². The number of rotatable bonds is 0. The Balaban J connectivity index is -0.000000124. The Bertz CT molecular complexity index is 72.2. The van der Waals surface area contributed by atoms with Crippen LogP contribution in [0, 0.1) is 0 Å². The predicted octanol–water partition coefficient (Wildman–Crippen LogP) is 3.79. The molecule has 0 aromatic heterocycles. The predicted molar refractivity (Wildman–Crippen MR) is 58.9 cm³/mol. The first-order chi connectivity index (χ1) is 6.31. The van der Waals surface area contributed by atoms with Crippen molar-refractivity contribution in [1.29, 1.82) is 0 Å². The highest BCUT2D eigenvalue weighted by molar-refractivity contribution is 5.70. The molecule has 0 spiro atoms. The van der Waals surface area contributed by atoms with Crippen molar-refractivity contribution in [3.8, 4) is 0 Å². The molecule has 0 bridgehead atoms. The van der Waals surface area contributed by atoms with E-state index in [2.05, 4.69) is 18.6 Å². The van der Waals surface area contributed by atoms with Crippen molar-refractivity contribution in [2.75, 3.05) is 6.61 Å². The summed E-state index contributed by atoms with van der Waals surface area (Å²) in [6, 6.07) is 0. The molecular weight excluding hydrogens is 164 g/mol. The first kappa shape index (κ1) is 18.3. The highest BCUT2D eigenvalue weighted by atomic mass is 16.5. The normalized spacial score (nSPS) is 12.0. The van der Waals surface area contributed by atoms with E-state index < -0.39 is 0 Å². The smallest absolute Gasteiger partial charge is 0.305 e. The Kier molecular flexibility index (Phi) is 31.7. The molecule has 1 saturated heterocycles. The van der Waals surface area contributed by atoms with Gasteiger partial charge in [0.25, 0.3) is 0 Å². The largest absolute Gasteiger partial charge is 0.466 e. The number of hydrogen-bond acceptors (Lipinski definition) is 2. The van der Waals surface area contributed by atoms with E-state index in [9.17, 15) is 4.79 Å². The molecule has 13 heavy (non-hydrogen) atoms. The van der Waals surface area contributed by atoms with Crippen LogP contribution in [-0.4, -0.2) is 12.6 Å². The molecule has 0 saturated carbocycles. The van der Waals surface area contributed by atoms with E-state index in [1.54, 1.807) is 0 Å². The third-order valence-corrected chi connectivity index (χ3v) is 0.788. The summed E-state index contributed by atoms with van der Waals surface area (Å²) in [5.74, 6) is -0.0463. The van der Waals surface area contributed by atoms with Crippen molar-refractivity contribution in [1.82, 2.24) is 0 Å². The molecule has 2 nitrogen and oxygen atoms in total. The van der Waals surface area contributed by atoms with E-state index in [-0.39, 0.29) is 5.97 Å². The molecule has 0 aromatic carbocycles. The first-order valence-corrected chi connectivity index (χ1v) is 5.46. The molecule has 1 heterocycles. The van der Waals surface area contributed by atoms with Gasteiger partial charge in [-0.25, -0.2) is 0 Å². The lowest BCUT2D eigenvalue weighted by atomic mass is 10.4. The number of cyclic esters (lactones) is 1. The minimum absolute atomic E-state index is 0.0463. The zero-order valence-corrected chi connectivity index (χ0v) is 10.1. The van der Waals surface area contributed by atoms with E-state index in [1.807, 2.05) is 27.7 Å². The molecule has 1 aliphatic heterocycles. The number of esters is 1. The summed E-state index contributed by atoms with van der Waals surface area (Å²) in [4.78, 5) is 10.0. The van der Waals surface area contributed by atoms with Gasteiger partial charge in [-0.05, 0) is 6.42 Å². The van der Waals surface area contributed by atoms with E-state index >= 15 is 0 Å². The standard InChI is InChI=1S/C4H6O2.C3H8.2C2H6/c5-4-2-1-3-6-4;1-3-2;2*1-2/h1-3H2;3H2,1-2H3;2*1-2H3. The van der Waals surface area contributed by atoms with Crippen LogP contribution in [0.5, 0.6) is 0 Å². The third-order valence-electron chi connectivity index (χ3n) is 0.788. The van der Waals surface area contributed by atoms with Gasteiger partial charge in [-0.2, -0.15) is 0 Å². The summed E-state index contributed by atoms with van der Waals surface area (Å²) in [6.45, 7) is 12.9. The average Bonchev–Trinajstić information content (AvgIpc) is 2.64. The van der Waals surface area contributed by atoms with Gasteiger partial charge in [-0.3, -0.25) is 4.79 Å². The van der Waals surface area contributed by atoms with Gasteiger partial charge < -0.3 is 4.74 Å². The monoisotopic (exact) mass is 190 g/mol. The minimum Gasteiger partial charge on any atom is -0.466 e. The fourth-order valence-electron chi connectivity index (χ4n) is 0.475. The van der Waals surface area contributed by atoms with Gasteiger partial charge in [0, 0.05) is 6.42 Å². The molecule has 0 aliphatic carbocycles. The Labute approximate surface area is 83.7 Å².